The van der Waals surface area contributed by atoms with Crippen molar-refractivity contribution in [3.05, 3.63) is 17.0 Å². The molecule has 17 heavy (non-hydrogen) atoms. The zero-order valence-corrected chi connectivity index (χ0v) is 9.55. The number of hydrogen-bond acceptors (Lipinski definition) is 4. The summed E-state index contributed by atoms with van der Waals surface area (Å²) in [6.07, 6.45) is -4.46. The summed E-state index contributed by atoms with van der Waals surface area (Å²) in [5, 5.41) is 8.10. The Hall–Kier alpha value is -1.55. The van der Waals surface area contributed by atoms with Crippen molar-refractivity contribution in [2.75, 3.05) is 18.5 Å². The average Bonchev–Trinajstić information content (AvgIpc) is 2.23. The molecule has 0 radical (unpaired) electrons. The molecule has 0 aliphatic rings. The molecule has 0 aliphatic carbocycles. The molecule has 1 rings (SSSR count). The molecule has 0 atom stereocenters. The van der Waals surface area contributed by atoms with Gasteiger partial charge in [0.15, 0.2) is 0 Å². The molecular formula is C9H8ClF3N4. The standard InChI is InChI=1S/C9H8ClF3N4/c1-17(4-2-3-14)7-5-6(10)15-8(16-7)9(11,12)13/h5H,2,4H2,1H3. The lowest BCUT2D eigenvalue weighted by Gasteiger charge is -2.17. The van der Waals surface area contributed by atoms with E-state index in [2.05, 4.69) is 9.97 Å². The topological polar surface area (TPSA) is 52.8 Å². The highest BCUT2D eigenvalue weighted by atomic mass is 35.5. The minimum atomic E-state index is -4.64. The number of alkyl halides is 3. The lowest BCUT2D eigenvalue weighted by atomic mass is 10.4. The predicted molar refractivity (Wildman–Crippen MR) is 55.5 cm³/mol. The van der Waals surface area contributed by atoms with Gasteiger partial charge in [-0.2, -0.15) is 18.4 Å². The van der Waals surface area contributed by atoms with Gasteiger partial charge in [0.2, 0.25) is 5.82 Å². The maximum absolute atomic E-state index is 12.4. The molecular weight excluding hydrogens is 257 g/mol. The van der Waals surface area contributed by atoms with Crippen LogP contribution >= 0.6 is 11.6 Å². The molecule has 92 valence electrons. The second-order valence-corrected chi connectivity index (χ2v) is 3.59. The average molecular weight is 265 g/mol. The monoisotopic (exact) mass is 264 g/mol. The van der Waals surface area contributed by atoms with Crippen LogP contribution in [-0.2, 0) is 6.18 Å². The maximum Gasteiger partial charge on any atom is 0.451 e. The minimum Gasteiger partial charge on any atom is -0.358 e. The van der Waals surface area contributed by atoms with E-state index in [-0.39, 0.29) is 23.9 Å². The molecule has 0 spiro atoms. The predicted octanol–water partition coefficient (Wildman–Crippen LogP) is 2.50. The number of halogens is 4. The van der Waals surface area contributed by atoms with Crippen LogP contribution in [0.1, 0.15) is 12.2 Å². The number of anilines is 1. The molecule has 1 heterocycles. The van der Waals surface area contributed by atoms with E-state index in [0.717, 1.165) is 0 Å². The van der Waals surface area contributed by atoms with E-state index in [9.17, 15) is 13.2 Å². The summed E-state index contributed by atoms with van der Waals surface area (Å²) in [5.41, 5.74) is 0. The summed E-state index contributed by atoms with van der Waals surface area (Å²) < 4.78 is 37.2. The Labute approximate surface area is 101 Å². The third-order valence-electron chi connectivity index (χ3n) is 1.89. The SMILES string of the molecule is CN(CCC#N)c1cc(Cl)nc(C(F)(F)F)n1. The van der Waals surface area contributed by atoms with Gasteiger partial charge in [-0.1, -0.05) is 11.6 Å². The quantitative estimate of drug-likeness (QED) is 0.787. The molecule has 1 aromatic heterocycles. The van der Waals surface area contributed by atoms with Crippen LogP contribution in [0.3, 0.4) is 0 Å². The van der Waals surface area contributed by atoms with Crippen molar-refractivity contribution in [1.29, 1.82) is 5.26 Å². The second-order valence-electron chi connectivity index (χ2n) is 3.20. The summed E-state index contributed by atoms with van der Waals surface area (Å²) in [4.78, 5) is 7.87. The summed E-state index contributed by atoms with van der Waals surface area (Å²) in [6.45, 7) is 0.265. The summed E-state index contributed by atoms with van der Waals surface area (Å²) in [6, 6.07) is 3.10. The Balaban J connectivity index is 3.02. The van der Waals surface area contributed by atoms with Crippen molar-refractivity contribution < 1.29 is 13.2 Å². The third kappa shape index (κ3) is 3.75. The molecule has 0 saturated carbocycles. The zero-order chi connectivity index (χ0) is 13.1. The number of aromatic nitrogens is 2. The van der Waals surface area contributed by atoms with Crippen LogP contribution in [0.15, 0.2) is 6.07 Å². The number of nitrogens with zero attached hydrogens (tertiary/aromatic N) is 4. The van der Waals surface area contributed by atoms with Crippen molar-refractivity contribution in [2.24, 2.45) is 0 Å². The fourth-order valence-corrected chi connectivity index (χ4v) is 1.24. The highest BCUT2D eigenvalue weighted by molar-refractivity contribution is 6.29. The lowest BCUT2D eigenvalue weighted by molar-refractivity contribution is -0.144. The molecule has 0 amide bonds. The largest absolute Gasteiger partial charge is 0.451 e. The van der Waals surface area contributed by atoms with Gasteiger partial charge in [0.05, 0.1) is 12.5 Å². The molecule has 8 heteroatoms. The van der Waals surface area contributed by atoms with Gasteiger partial charge < -0.3 is 4.90 Å². The highest BCUT2D eigenvalue weighted by Gasteiger charge is 2.35. The summed E-state index contributed by atoms with van der Waals surface area (Å²) in [7, 11) is 1.52. The van der Waals surface area contributed by atoms with E-state index >= 15 is 0 Å². The van der Waals surface area contributed by atoms with Crippen LogP contribution in [-0.4, -0.2) is 23.6 Å². The Morgan fingerprint density at radius 2 is 2.12 bits per heavy atom. The van der Waals surface area contributed by atoms with Crippen molar-refractivity contribution in [3.8, 4) is 6.07 Å². The summed E-state index contributed by atoms with van der Waals surface area (Å²) >= 11 is 5.49. The first-order chi connectivity index (χ1) is 7.84. The van der Waals surface area contributed by atoms with Crippen LogP contribution in [0, 0.1) is 11.3 Å². The molecule has 0 fully saturated rings. The Bertz CT molecular complexity index is 441. The number of nitriles is 1. The third-order valence-corrected chi connectivity index (χ3v) is 2.08. The molecule has 0 unspecified atom stereocenters. The van der Waals surface area contributed by atoms with Crippen LogP contribution < -0.4 is 4.90 Å². The normalized spacial score (nSPS) is 11.1. The van der Waals surface area contributed by atoms with Crippen molar-refractivity contribution in [1.82, 2.24) is 9.97 Å². The van der Waals surface area contributed by atoms with Gasteiger partial charge in [-0.25, -0.2) is 9.97 Å². The Kier molecular flexibility index (Phi) is 4.12. The molecule has 0 bridgehead atoms. The lowest BCUT2D eigenvalue weighted by Crippen LogP contribution is -2.22. The second kappa shape index (κ2) is 5.19. The van der Waals surface area contributed by atoms with Gasteiger partial charge >= 0.3 is 6.18 Å². The summed E-state index contributed by atoms with van der Waals surface area (Å²) in [5.74, 6) is -1.25. The highest BCUT2D eigenvalue weighted by Crippen LogP contribution is 2.28. The fraction of sp³-hybridized carbons (Fsp3) is 0.444. The first-order valence-electron chi connectivity index (χ1n) is 4.54. The Morgan fingerprint density at radius 1 is 1.47 bits per heavy atom. The van der Waals surface area contributed by atoms with Crippen LogP contribution in [0.2, 0.25) is 5.15 Å². The first kappa shape index (κ1) is 13.5. The van der Waals surface area contributed by atoms with E-state index in [1.807, 2.05) is 6.07 Å². The smallest absolute Gasteiger partial charge is 0.358 e. The van der Waals surface area contributed by atoms with Gasteiger partial charge in [-0.15, -0.1) is 0 Å². The molecule has 0 aromatic carbocycles. The van der Waals surface area contributed by atoms with Crippen LogP contribution in [0.4, 0.5) is 19.0 Å². The van der Waals surface area contributed by atoms with E-state index in [1.165, 1.54) is 18.0 Å². The molecule has 4 nitrogen and oxygen atoms in total. The molecule has 0 saturated heterocycles. The van der Waals surface area contributed by atoms with E-state index in [4.69, 9.17) is 16.9 Å². The number of hydrogen-bond donors (Lipinski definition) is 0. The molecule has 1 aromatic rings. The molecule has 0 N–H and O–H groups in total. The maximum atomic E-state index is 12.4. The van der Waals surface area contributed by atoms with Crippen LogP contribution in [0.5, 0.6) is 0 Å². The van der Waals surface area contributed by atoms with E-state index in [0.29, 0.717) is 0 Å². The van der Waals surface area contributed by atoms with E-state index in [1.54, 1.807) is 0 Å². The zero-order valence-electron chi connectivity index (χ0n) is 8.79. The molecule has 0 aliphatic heterocycles. The van der Waals surface area contributed by atoms with Crippen molar-refractivity contribution >= 4 is 17.4 Å². The first-order valence-corrected chi connectivity index (χ1v) is 4.92. The fourth-order valence-electron chi connectivity index (χ4n) is 1.06. The van der Waals surface area contributed by atoms with Gasteiger partial charge in [-0.3, -0.25) is 0 Å². The number of rotatable bonds is 3. The van der Waals surface area contributed by atoms with Crippen LogP contribution in [0.25, 0.3) is 0 Å². The van der Waals surface area contributed by atoms with Gasteiger partial charge in [-0.05, 0) is 0 Å². The van der Waals surface area contributed by atoms with Gasteiger partial charge in [0.1, 0.15) is 11.0 Å². The van der Waals surface area contributed by atoms with E-state index < -0.39 is 12.0 Å². The Morgan fingerprint density at radius 3 is 2.65 bits per heavy atom. The van der Waals surface area contributed by atoms with Crippen molar-refractivity contribution in [2.45, 2.75) is 12.6 Å². The van der Waals surface area contributed by atoms with Gasteiger partial charge in [0.25, 0.3) is 0 Å². The van der Waals surface area contributed by atoms with Crippen molar-refractivity contribution in [3.63, 3.8) is 0 Å². The minimum absolute atomic E-state index is 0.0348. The van der Waals surface area contributed by atoms with Gasteiger partial charge in [0, 0.05) is 19.7 Å².